The molecule has 1 atom stereocenters. The lowest BCUT2D eigenvalue weighted by molar-refractivity contribution is -0.119. The highest BCUT2D eigenvalue weighted by Crippen LogP contribution is 2.25. The number of benzene rings is 2. The van der Waals surface area contributed by atoms with Crippen molar-refractivity contribution < 1.29 is 18.8 Å². The first-order valence-electron chi connectivity index (χ1n) is 7.44. The van der Waals surface area contributed by atoms with Gasteiger partial charge in [0.05, 0.1) is 16.8 Å². The summed E-state index contributed by atoms with van der Waals surface area (Å²) in [6.07, 6.45) is 0. The van der Waals surface area contributed by atoms with E-state index in [0.29, 0.717) is 0 Å². The molecular formula is C18H15FN2O3. The van der Waals surface area contributed by atoms with Crippen molar-refractivity contribution in [1.29, 1.82) is 0 Å². The first kappa shape index (κ1) is 15.9. The minimum absolute atomic E-state index is 0.00839. The molecule has 6 heteroatoms. The summed E-state index contributed by atoms with van der Waals surface area (Å²) in [4.78, 5) is 38.0. The number of carbonyl (C=O) groups is 3. The van der Waals surface area contributed by atoms with E-state index in [1.165, 1.54) is 19.1 Å². The summed E-state index contributed by atoms with van der Waals surface area (Å²) >= 11 is 0. The second-order valence-electron chi connectivity index (χ2n) is 5.67. The highest BCUT2D eigenvalue weighted by molar-refractivity contribution is 6.23. The molecule has 24 heavy (non-hydrogen) atoms. The molecule has 5 nitrogen and oxygen atoms in total. The van der Waals surface area contributed by atoms with Crippen LogP contribution in [0.2, 0.25) is 0 Å². The van der Waals surface area contributed by atoms with E-state index in [0.717, 1.165) is 10.5 Å². The molecule has 0 aromatic heterocycles. The summed E-state index contributed by atoms with van der Waals surface area (Å²) in [5.74, 6) is -2.25. The van der Waals surface area contributed by atoms with Crippen molar-refractivity contribution in [3.8, 4) is 0 Å². The fourth-order valence-electron chi connectivity index (χ4n) is 2.64. The van der Waals surface area contributed by atoms with Gasteiger partial charge in [0.15, 0.2) is 0 Å². The number of amides is 3. The number of anilines is 1. The molecule has 0 fully saturated rings. The zero-order valence-corrected chi connectivity index (χ0v) is 13.2. The van der Waals surface area contributed by atoms with E-state index < -0.39 is 29.6 Å². The van der Waals surface area contributed by atoms with Crippen LogP contribution in [-0.2, 0) is 4.79 Å². The van der Waals surface area contributed by atoms with Crippen LogP contribution in [0.15, 0.2) is 42.5 Å². The number of nitrogens with zero attached hydrogens (tertiary/aromatic N) is 1. The Morgan fingerprint density at radius 3 is 2.21 bits per heavy atom. The zero-order valence-electron chi connectivity index (χ0n) is 13.2. The van der Waals surface area contributed by atoms with Crippen LogP contribution in [-0.4, -0.2) is 28.7 Å². The molecule has 1 aliphatic heterocycles. The largest absolute Gasteiger partial charge is 0.322 e. The number of hydrogen-bond acceptors (Lipinski definition) is 3. The highest BCUT2D eigenvalue weighted by atomic mass is 19.1. The lowest BCUT2D eigenvalue weighted by Crippen LogP contribution is -2.45. The van der Waals surface area contributed by atoms with Crippen LogP contribution < -0.4 is 5.32 Å². The quantitative estimate of drug-likeness (QED) is 0.882. The van der Waals surface area contributed by atoms with Crippen molar-refractivity contribution in [3.05, 3.63) is 65.0 Å². The van der Waals surface area contributed by atoms with E-state index >= 15 is 0 Å². The number of hydrogen-bond donors (Lipinski definition) is 1. The highest BCUT2D eigenvalue weighted by Gasteiger charge is 2.40. The van der Waals surface area contributed by atoms with Crippen LogP contribution in [0.25, 0.3) is 0 Å². The standard InChI is InChI=1S/C18H15FN2O3/c1-10-7-8-15(14(19)9-10)20-16(22)11(2)21-17(23)12-5-3-4-6-13(12)18(21)24/h3-9,11H,1-2H3,(H,20,22). The minimum Gasteiger partial charge on any atom is -0.322 e. The average molecular weight is 326 g/mol. The minimum atomic E-state index is -1.06. The van der Waals surface area contributed by atoms with Gasteiger partial charge in [-0.15, -0.1) is 0 Å². The van der Waals surface area contributed by atoms with Gasteiger partial charge in [-0.1, -0.05) is 18.2 Å². The monoisotopic (exact) mass is 326 g/mol. The van der Waals surface area contributed by atoms with Gasteiger partial charge in [-0.05, 0) is 43.7 Å². The number of fused-ring (bicyclic) bond motifs is 1. The normalized spacial score (nSPS) is 14.5. The molecule has 1 aliphatic rings. The maximum Gasteiger partial charge on any atom is 0.262 e. The van der Waals surface area contributed by atoms with Gasteiger partial charge in [-0.25, -0.2) is 4.39 Å². The van der Waals surface area contributed by atoms with E-state index in [2.05, 4.69) is 5.32 Å². The van der Waals surface area contributed by atoms with Gasteiger partial charge >= 0.3 is 0 Å². The van der Waals surface area contributed by atoms with Crippen molar-refractivity contribution in [1.82, 2.24) is 4.90 Å². The molecule has 0 bridgehead atoms. The number of rotatable bonds is 3. The predicted molar refractivity (Wildman–Crippen MR) is 86.2 cm³/mol. The molecule has 0 saturated heterocycles. The van der Waals surface area contributed by atoms with Crippen molar-refractivity contribution in [2.45, 2.75) is 19.9 Å². The molecule has 3 amide bonds. The summed E-state index contributed by atoms with van der Waals surface area (Å²) in [6, 6.07) is 9.73. The number of halogens is 1. The summed E-state index contributed by atoms with van der Waals surface area (Å²) in [5, 5.41) is 2.42. The zero-order chi connectivity index (χ0) is 17.4. The maximum atomic E-state index is 13.9. The topological polar surface area (TPSA) is 66.5 Å². The van der Waals surface area contributed by atoms with Crippen molar-refractivity contribution in [2.24, 2.45) is 0 Å². The van der Waals surface area contributed by atoms with Gasteiger partial charge in [0.2, 0.25) is 5.91 Å². The maximum absolute atomic E-state index is 13.9. The Morgan fingerprint density at radius 1 is 1.08 bits per heavy atom. The average Bonchev–Trinajstić information content (AvgIpc) is 2.81. The van der Waals surface area contributed by atoms with Gasteiger partial charge in [0, 0.05) is 0 Å². The number of aryl methyl sites for hydroxylation is 1. The molecule has 1 N–H and O–H groups in total. The van der Waals surface area contributed by atoms with Crippen molar-refractivity contribution in [3.63, 3.8) is 0 Å². The number of nitrogens with one attached hydrogen (secondary N) is 1. The number of carbonyl (C=O) groups excluding carboxylic acids is 3. The fraction of sp³-hybridized carbons (Fsp3) is 0.167. The van der Waals surface area contributed by atoms with E-state index in [1.54, 1.807) is 37.3 Å². The van der Waals surface area contributed by atoms with E-state index in [4.69, 9.17) is 0 Å². The smallest absolute Gasteiger partial charge is 0.262 e. The van der Waals surface area contributed by atoms with Crippen molar-refractivity contribution >= 4 is 23.4 Å². The first-order chi connectivity index (χ1) is 11.4. The van der Waals surface area contributed by atoms with Crippen LogP contribution >= 0.6 is 0 Å². The third-order valence-corrected chi connectivity index (χ3v) is 3.97. The van der Waals surface area contributed by atoms with Gasteiger partial charge in [0.25, 0.3) is 11.8 Å². The molecule has 0 saturated carbocycles. The third kappa shape index (κ3) is 2.56. The molecule has 1 heterocycles. The van der Waals surface area contributed by atoms with E-state index in [-0.39, 0.29) is 16.8 Å². The Bertz CT molecular complexity index is 828. The molecule has 0 radical (unpaired) electrons. The van der Waals surface area contributed by atoms with E-state index in [1.807, 2.05) is 0 Å². The number of imide groups is 1. The molecular weight excluding hydrogens is 311 g/mol. The fourth-order valence-corrected chi connectivity index (χ4v) is 2.64. The van der Waals surface area contributed by atoms with Gasteiger partial charge in [-0.2, -0.15) is 0 Å². The Morgan fingerprint density at radius 2 is 1.67 bits per heavy atom. The SMILES string of the molecule is Cc1ccc(NC(=O)C(C)N2C(=O)c3ccccc3C2=O)c(F)c1. The summed E-state index contributed by atoms with van der Waals surface area (Å²) in [7, 11) is 0. The Balaban J connectivity index is 1.82. The molecule has 2 aromatic carbocycles. The first-order valence-corrected chi connectivity index (χ1v) is 7.44. The molecule has 2 aromatic rings. The second kappa shape index (κ2) is 5.88. The molecule has 1 unspecified atom stereocenters. The van der Waals surface area contributed by atoms with Crippen LogP contribution in [0.3, 0.4) is 0 Å². The lowest BCUT2D eigenvalue weighted by atomic mass is 10.1. The molecule has 0 aliphatic carbocycles. The molecule has 122 valence electrons. The van der Waals surface area contributed by atoms with Crippen LogP contribution in [0.1, 0.15) is 33.2 Å². The Kier molecular flexibility index (Phi) is 3.89. The third-order valence-electron chi connectivity index (χ3n) is 3.97. The van der Waals surface area contributed by atoms with Gasteiger partial charge in [-0.3, -0.25) is 19.3 Å². The van der Waals surface area contributed by atoms with Crippen molar-refractivity contribution in [2.75, 3.05) is 5.32 Å². The van der Waals surface area contributed by atoms with Crippen LogP contribution in [0.5, 0.6) is 0 Å². The predicted octanol–water partition coefficient (Wildman–Crippen LogP) is 2.76. The second-order valence-corrected chi connectivity index (χ2v) is 5.67. The Hall–Kier alpha value is -3.02. The Labute approximate surface area is 138 Å². The summed E-state index contributed by atoms with van der Waals surface area (Å²) in [6.45, 7) is 3.17. The van der Waals surface area contributed by atoms with Crippen LogP contribution in [0.4, 0.5) is 10.1 Å². The van der Waals surface area contributed by atoms with Crippen LogP contribution in [0, 0.1) is 12.7 Å². The lowest BCUT2D eigenvalue weighted by Gasteiger charge is -2.21. The summed E-state index contributed by atoms with van der Waals surface area (Å²) < 4.78 is 13.9. The van der Waals surface area contributed by atoms with Gasteiger partial charge < -0.3 is 5.32 Å². The van der Waals surface area contributed by atoms with E-state index in [9.17, 15) is 18.8 Å². The van der Waals surface area contributed by atoms with Gasteiger partial charge in [0.1, 0.15) is 11.9 Å². The molecule has 3 rings (SSSR count). The molecule has 0 spiro atoms. The summed E-state index contributed by atoms with van der Waals surface area (Å²) in [5.41, 5.74) is 1.26.